The molecule has 0 spiro atoms. The highest BCUT2D eigenvalue weighted by molar-refractivity contribution is 5.76. The molecule has 1 N–H and O–H groups in total. The number of nitrogens with one attached hydrogen (secondary N) is 1. The lowest BCUT2D eigenvalue weighted by atomic mass is 10.0. The van der Waals surface area contributed by atoms with Gasteiger partial charge in [0.2, 0.25) is 5.91 Å². The molecule has 4 heteroatoms. The van der Waals surface area contributed by atoms with Crippen LogP contribution in [0, 0.1) is 5.92 Å². The Balaban J connectivity index is 1.68. The highest BCUT2D eigenvalue weighted by Crippen LogP contribution is 2.16. The number of rotatable bonds is 3. The van der Waals surface area contributed by atoms with E-state index in [1.807, 2.05) is 4.90 Å². The first-order valence-electron chi connectivity index (χ1n) is 7.46. The molecule has 0 aromatic heterocycles. The standard InChI is InChI=1S/C14H27N3O/c1-13-3-2-8-16(9-4-13)10-5-14(18)17-11-6-15-7-12-17/h13,15H,2-12H2,1H3. The number of hydrogen-bond acceptors (Lipinski definition) is 3. The van der Waals surface area contributed by atoms with E-state index in [-0.39, 0.29) is 0 Å². The summed E-state index contributed by atoms with van der Waals surface area (Å²) in [5, 5.41) is 3.28. The molecule has 1 unspecified atom stereocenters. The average Bonchev–Trinajstić information content (AvgIpc) is 2.62. The maximum absolute atomic E-state index is 12.1. The van der Waals surface area contributed by atoms with Crippen molar-refractivity contribution in [2.45, 2.75) is 32.6 Å². The van der Waals surface area contributed by atoms with E-state index < -0.39 is 0 Å². The van der Waals surface area contributed by atoms with Crippen molar-refractivity contribution in [3.05, 3.63) is 0 Å². The minimum Gasteiger partial charge on any atom is -0.340 e. The average molecular weight is 253 g/mol. The maximum atomic E-state index is 12.1. The third-order valence-corrected chi connectivity index (χ3v) is 4.22. The molecule has 2 aliphatic rings. The fraction of sp³-hybridized carbons (Fsp3) is 0.929. The molecule has 0 saturated carbocycles. The van der Waals surface area contributed by atoms with Gasteiger partial charge in [0, 0.05) is 39.1 Å². The molecule has 1 amide bonds. The summed E-state index contributed by atoms with van der Waals surface area (Å²) in [6.45, 7) is 9.33. The van der Waals surface area contributed by atoms with Gasteiger partial charge in [-0.1, -0.05) is 6.92 Å². The molecule has 0 radical (unpaired) electrons. The van der Waals surface area contributed by atoms with Crippen molar-refractivity contribution in [3.8, 4) is 0 Å². The molecule has 2 saturated heterocycles. The topological polar surface area (TPSA) is 35.6 Å². The first-order chi connectivity index (χ1) is 8.75. The minimum atomic E-state index is 0.341. The van der Waals surface area contributed by atoms with Gasteiger partial charge in [0.05, 0.1) is 0 Å². The Morgan fingerprint density at radius 1 is 1.17 bits per heavy atom. The summed E-state index contributed by atoms with van der Waals surface area (Å²) in [5.41, 5.74) is 0. The molecular formula is C14H27N3O. The highest BCUT2D eigenvalue weighted by Gasteiger charge is 2.18. The van der Waals surface area contributed by atoms with Crippen molar-refractivity contribution in [2.24, 2.45) is 5.92 Å². The summed E-state index contributed by atoms with van der Waals surface area (Å²) < 4.78 is 0. The van der Waals surface area contributed by atoms with Gasteiger partial charge in [0.15, 0.2) is 0 Å². The van der Waals surface area contributed by atoms with Gasteiger partial charge in [0.1, 0.15) is 0 Å². The van der Waals surface area contributed by atoms with Crippen molar-refractivity contribution >= 4 is 5.91 Å². The molecule has 4 nitrogen and oxygen atoms in total. The van der Waals surface area contributed by atoms with Crippen LogP contribution in [-0.2, 0) is 4.79 Å². The third kappa shape index (κ3) is 4.25. The van der Waals surface area contributed by atoms with Crippen molar-refractivity contribution in [1.29, 1.82) is 0 Å². The Hall–Kier alpha value is -0.610. The Kier molecular flexibility index (Phi) is 5.45. The monoisotopic (exact) mass is 253 g/mol. The van der Waals surface area contributed by atoms with Gasteiger partial charge in [-0.25, -0.2) is 0 Å². The Morgan fingerprint density at radius 3 is 2.72 bits per heavy atom. The van der Waals surface area contributed by atoms with Crippen LogP contribution in [0.3, 0.4) is 0 Å². The molecule has 0 aromatic rings. The minimum absolute atomic E-state index is 0.341. The molecule has 2 rings (SSSR count). The van der Waals surface area contributed by atoms with Crippen LogP contribution in [0.4, 0.5) is 0 Å². The fourth-order valence-electron chi connectivity index (χ4n) is 2.87. The second-order valence-electron chi connectivity index (χ2n) is 5.76. The predicted octanol–water partition coefficient (Wildman–Crippen LogP) is 0.930. The van der Waals surface area contributed by atoms with Crippen LogP contribution in [0.5, 0.6) is 0 Å². The summed E-state index contributed by atoms with van der Waals surface area (Å²) in [6, 6.07) is 0. The molecule has 2 aliphatic heterocycles. The molecule has 0 aliphatic carbocycles. The highest BCUT2D eigenvalue weighted by atomic mass is 16.2. The van der Waals surface area contributed by atoms with Crippen LogP contribution in [-0.4, -0.2) is 61.5 Å². The molecule has 0 aromatic carbocycles. The van der Waals surface area contributed by atoms with Crippen LogP contribution in [0.25, 0.3) is 0 Å². The number of likely N-dealkylation sites (tertiary alicyclic amines) is 1. The van der Waals surface area contributed by atoms with E-state index in [2.05, 4.69) is 17.1 Å². The van der Waals surface area contributed by atoms with E-state index in [1.165, 1.54) is 32.4 Å². The summed E-state index contributed by atoms with van der Waals surface area (Å²) in [4.78, 5) is 16.5. The number of hydrogen-bond donors (Lipinski definition) is 1. The lowest BCUT2D eigenvalue weighted by Gasteiger charge is -2.28. The zero-order valence-electron chi connectivity index (χ0n) is 11.7. The van der Waals surface area contributed by atoms with Crippen molar-refractivity contribution in [3.63, 3.8) is 0 Å². The zero-order chi connectivity index (χ0) is 12.8. The summed E-state index contributed by atoms with van der Waals surface area (Å²) in [5.74, 6) is 1.20. The van der Waals surface area contributed by atoms with E-state index in [0.29, 0.717) is 12.3 Å². The first-order valence-corrected chi connectivity index (χ1v) is 7.46. The molecule has 104 valence electrons. The van der Waals surface area contributed by atoms with E-state index in [0.717, 1.165) is 38.6 Å². The van der Waals surface area contributed by atoms with E-state index in [1.54, 1.807) is 0 Å². The van der Waals surface area contributed by atoms with Crippen molar-refractivity contribution in [2.75, 3.05) is 45.8 Å². The normalized spacial score (nSPS) is 26.9. The van der Waals surface area contributed by atoms with Gasteiger partial charge < -0.3 is 15.1 Å². The van der Waals surface area contributed by atoms with E-state index in [4.69, 9.17) is 0 Å². The first kappa shape index (κ1) is 13.8. The Morgan fingerprint density at radius 2 is 1.94 bits per heavy atom. The van der Waals surface area contributed by atoms with Crippen LogP contribution < -0.4 is 5.32 Å². The zero-order valence-corrected chi connectivity index (χ0v) is 11.7. The molecular weight excluding hydrogens is 226 g/mol. The quantitative estimate of drug-likeness (QED) is 0.813. The SMILES string of the molecule is CC1CCCN(CCC(=O)N2CCNCC2)CC1. The molecule has 2 fully saturated rings. The third-order valence-electron chi connectivity index (χ3n) is 4.22. The lowest BCUT2D eigenvalue weighted by molar-refractivity contribution is -0.132. The summed E-state index contributed by atoms with van der Waals surface area (Å²) in [7, 11) is 0. The summed E-state index contributed by atoms with van der Waals surface area (Å²) >= 11 is 0. The number of nitrogens with zero attached hydrogens (tertiary/aromatic N) is 2. The van der Waals surface area contributed by atoms with E-state index in [9.17, 15) is 4.79 Å². The number of carbonyl (C=O) groups is 1. The van der Waals surface area contributed by atoms with Gasteiger partial charge in [-0.2, -0.15) is 0 Å². The van der Waals surface area contributed by atoms with E-state index >= 15 is 0 Å². The largest absolute Gasteiger partial charge is 0.340 e. The van der Waals surface area contributed by atoms with Crippen molar-refractivity contribution < 1.29 is 4.79 Å². The van der Waals surface area contributed by atoms with Gasteiger partial charge in [-0.05, 0) is 38.3 Å². The van der Waals surface area contributed by atoms with Crippen LogP contribution in [0.15, 0.2) is 0 Å². The fourth-order valence-corrected chi connectivity index (χ4v) is 2.87. The predicted molar refractivity (Wildman–Crippen MR) is 73.5 cm³/mol. The second-order valence-corrected chi connectivity index (χ2v) is 5.76. The summed E-state index contributed by atoms with van der Waals surface area (Å²) in [6.07, 6.45) is 4.64. The Labute approximate surface area is 111 Å². The van der Waals surface area contributed by atoms with Crippen molar-refractivity contribution in [1.82, 2.24) is 15.1 Å². The number of piperazine rings is 1. The van der Waals surface area contributed by atoms with Gasteiger partial charge in [-0.3, -0.25) is 4.79 Å². The van der Waals surface area contributed by atoms with Gasteiger partial charge in [0.25, 0.3) is 0 Å². The van der Waals surface area contributed by atoms with Crippen LogP contribution >= 0.6 is 0 Å². The van der Waals surface area contributed by atoms with Crippen LogP contribution in [0.2, 0.25) is 0 Å². The molecule has 18 heavy (non-hydrogen) atoms. The van der Waals surface area contributed by atoms with Crippen LogP contribution in [0.1, 0.15) is 32.6 Å². The molecule has 0 bridgehead atoms. The smallest absolute Gasteiger partial charge is 0.223 e. The lowest BCUT2D eigenvalue weighted by Crippen LogP contribution is -2.47. The Bertz CT molecular complexity index is 264. The molecule has 1 atom stereocenters. The molecule has 2 heterocycles. The number of carbonyl (C=O) groups excluding carboxylic acids is 1. The second kappa shape index (κ2) is 7.10. The maximum Gasteiger partial charge on any atom is 0.223 e. The van der Waals surface area contributed by atoms with Gasteiger partial charge >= 0.3 is 0 Å². The number of amides is 1. The van der Waals surface area contributed by atoms with Gasteiger partial charge in [-0.15, -0.1) is 0 Å².